The Morgan fingerprint density at radius 1 is 0.417 bits per heavy atom. The Morgan fingerprint density at radius 2 is 0.641 bits per heavy atom. The van der Waals surface area contributed by atoms with E-state index in [-0.39, 0.29) is 190 Å². The maximum absolute atomic E-state index is 12.0. The monoisotopic (exact) mass is 1760 g/mol. The summed E-state index contributed by atoms with van der Waals surface area (Å²) in [6, 6.07) is 0. The van der Waals surface area contributed by atoms with E-state index in [9.17, 15) is 43.2 Å². The Bertz CT molecular complexity index is 2020. The zero-order valence-electron chi connectivity index (χ0n) is 59.9. The second-order valence-corrected chi connectivity index (χ2v) is 33.7. The molecule has 0 saturated heterocycles. The molecule has 0 fully saturated rings. The number of halogens is 3. The minimum Gasteiger partial charge on any atom is -0.480 e. The summed E-state index contributed by atoms with van der Waals surface area (Å²) in [7, 11) is 0. The molecule has 0 aliphatic rings. The van der Waals surface area contributed by atoms with Crippen LogP contribution in [0.25, 0.3) is 0 Å². The Kier molecular flexibility index (Phi) is 127. The summed E-state index contributed by atoms with van der Waals surface area (Å²) < 4.78 is 36.2. The molecule has 0 aromatic heterocycles. The van der Waals surface area contributed by atoms with Crippen molar-refractivity contribution in [1.82, 2.24) is 0 Å². The fraction of sp³-hybridized carbons (Fsp3) is 0.833. The van der Waals surface area contributed by atoms with Gasteiger partial charge in [0.15, 0.2) is 0 Å². The number of aliphatic hydroxyl groups is 1. The molecule has 0 bridgehead atoms. The number of rotatable bonds is 32. The van der Waals surface area contributed by atoms with E-state index in [4.69, 9.17) is 43.4 Å². The lowest BCUT2D eigenvalue weighted by Gasteiger charge is -2.23. The van der Waals surface area contributed by atoms with Crippen molar-refractivity contribution >= 4 is 147 Å². The first-order valence-electron chi connectivity index (χ1n) is 30.9. The molecule has 0 rings (SSSR count). The lowest BCUT2D eigenvalue weighted by atomic mass is 9.99. The molecule has 8 atom stereocenters. The number of carbonyl (C=O) groups excluding carboxylic acids is 8. The first kappa shape index (κ1) is 150. The van der Waals surface area contributed by atoms with Gasteiger partial charge >= 0.3 is 47.8 Å². The number of alkyl halides is 2. The van der Waals surface area contributed by atoms with Crippen LogP contribution in [-0.4, -0.2) is 165 Å². The minimum atomic E-state index is -0.804. The lowest BCUT2D eigenvalue weighted by Crippen LogP contribution is -2.30. The van der Waals surface area contributed by atoms with Crippen molar-refractivity contribution in [2.75, 3.05) is 49.4 Å². The minimum absolute atomic E-state index is 0. The number of ether oxygens (including phenoxy) is 7. The zero-order chi connectivity index (χ0) is 73.1. The maximum Gasteiger partial charge on any atom is 0.330 e. The first-order chi connectivity index (χ1) is 41.5. The van der Waals surface area contributed by atoms with E-state index in [0.29, 0.717) is 67.3 Å². The van der Waals surface area contributed by atoms with E-state index >= 15 is 0 Å². The van der Waals surface area contributed by atoms with Gasteiger partial charge in [-0.25, -0.2) is 4.79 Å². The highest BCUT2D eigenvalue weighted by Crippen LogP contribution is 2.23. The van der Waals surface area contributed by atoms with E-state index in [1.165, 1.54) is 47.0 Å². The fourth-order valence-corrected chi connectivity index (χ4v) is 9.62. The first-order valence-corrected chi connectivity index (χ1v) is 37.7. The normalized spacial score (nSPS) is 12.0. The van der Waals surface area contributed by atoms with Crippen LogP contribution in [0.1, 0.15) is 305 Å². The smallest absolute Gasteiger partial charge is 0.330 e. The predicted molar refractivity (Wildman–Crippen MR) is 478 cm³/mol. The molecule has 0 aromatic rings. The summed E-state index contributed by atoms with van der Waals surface area (Å²) in [5.74, 6) is 0.714. The van der Waals surface area contributed by atoms with Gasteiger partial charge in [0, 0.05) is 33.4 Å². The van der Waals surface area contributed by atoms with Crippen LogP contribution in [-0.2, 0) is 76.3 Å². The van der Waals surface area contributed by atoms with Gasteiger partial charge in [0.1, 0.15) is 68.1 Å². The number of esters is 7. The molecule has 8 unspecified atom stereocenters. The summed E-state index contributed by atoms with van der Waals surface area (Å²) in [5.41, 5.74) is -1.76. The molecule has 0 spiro atoms. The van der Waals surface area contributed by atoms with Crippen LogP contribution in [0.4, 0.5) is 0 Å². The summed E-state index contributed by atoms with van der Waals surface area (Å²) in [4.78, 5) is 101. The van der Waals surface area contributed by atoms with Crippen LogP contribution >= 0.6 is 94.8 Å². The summed E-state index contributed by atoms with van der Waals surface area (Å²) in [6.07, 6.45) is 7.28. The van der Waals surface area contributed by atoms with Crippen LogP contribution in [0.15, 0.2) is 25.3 Å². The highest BCUT2D eigenvalue weighted by Gasteiger charge is 2.27. The highest BCUT2D eigenvalue weighted by atomic mass is 79.9. The zero-order valence-corrected chi connectivity index (χ0v) is 68.0. The van der Waals surface area contributed by atoms with Crippen LogP contribution in [0.3, 0.4) is 0 Å². The van der Waals surface area contributed by atoms with Crippen molar-refractivity contribution in [3.05, 3.63) is 25.3 Å². The van der Waals surface area contributed by atoms with E-state index < -0.39 is 33.6 Å². The highest BCUT2D eigenvalue weighted by molar-refractivity contribution is 9.20. The third-order valence-corrected chi connectivity index (χ3v) is 17.2. The van der Waals surface area contributed by atoms with Crippen LogP contribution in [0, 0.1) is 23.7 Å². The number of hydrogen-bond donors (Lipinski definition) is 2. The molecule has 0 aliphatic heterocycles. The van der Waals surface area contributed by atoms with Crippen LogP contribution < -0.4 is 0 Å². The number of carboxylic acids is 1. The summed E-state index contributed by atoms with van der Waals surface area (Å²) >= 11 is 14.6. The molecule has 640 valence electrons. The third kappa shape index (κ3) is 111. The van der Waals surface area contributed by atoms with Gasteiger partial charge in [0.05, 0.1) is 23.3 Å². The number of allylic oxidation sites excluding steroid dienone is 1. The van der Waals surface area contributed by atoms with Gasteiger partial charge in [0.2, 0.25) is 4.69 Å². The number of thioether (sulfide) groups is 4. The Morgan fingerprint density at radius 3 is 0.806 bits per heavy atom. The molecule has 0 aliphatic carbocycles. The fourth-order valence-electron chi connectivity index (χ4n) is 6.07. The van der Waals surface area contributed by atoms with Gasteiger partial charge in [-0.1, -0.05) is 203 Å². The third-order valence-electron chi connectivity index (χ3n) is 9.78. The van der Waals surface area contributed by atoms with Crippen LogP contribution in [0.5, 0.6) is 0 Å². The van der Waals surface area contributed by atoms with E-state index in [1.807, 2.05) is 132 Å². The van der Waals surface area contributed by atoms with Gasteiger partial charge in [-0.3, -0.25) is 38.4 Å². The topological polar surface area (TPSA) is 259 Å². The second-order valence-electron chi connectivity index (χ2n) is 25.0. The van der Waals surface area contributed by atoms with Gasteiger partial charge in [-0.05, 0) is 170 Å². The van der Waals surface area contributed by atoms with Crippen molar-refractivity contribution in [2.45, 2.75) is 354 Å². The van der Waals surface area contributed by atoms with E-state index in [1.54, 1.807) is 19.9 Å². The maximum atomic E-state index is 12.0. The molecule has 103 heavy (non-hydrogen) atoms. The number of aliphatic carboxylic acids is 1. The molecule has 2 N–H and O–H groups in total. The number of carboxylic acid groups (broad SMARTS) is 1. The molecule has 0 radical (unpaired) electrons. The Balaban J connectivity index is -0.0000000396. The standard InChI is InChI=1S/C17H32O4S.C13H23BrO4S.C13H24O4S.C10H20O3S.C7H12O2.C3H4Br2O.C3H6.12CH4.3H2/c1-8-14(16(19)21-17(5,6)7)22-10-9-20-15(18)13(4)11-12(2)3;1-6-10(12(16)18-13(3,4)5)19-8-7-17-11(15)9(2)14;1-5-11(12(14)15)18-7-6-17-13(16)10(4)8-9(2)3;1-5-8(14-7-6-11)9(12)13-10(2,3)4;1-5-6(8)9-7(2,3)4;1-2(4)3(5)6;1-3-2;;;;;;;;;;;;;;;/h12-14H,8-11H2,1-7H3;9-10H,6-8H2,1-5H3;9-11H,5-8H2,1-4H3,(H,14,15);8,11H,5-7H2,1-4H3;5H,1H2,2-4H3;2H,1H3;3H,1H2,2H3;12*1H4;3*1H. The predicted octanol–water partition coefficient (Wildman–Crippen LogP) is 24.6. The lowest BCUT2D eigenvalue weighted by molar-refractivity contribution is -0.155. The largest absolute Gasteiger partial charge is 0.480 e. The van der Waals surface area contributed by atoms with Gasteiger partial charge in [0.25, 0.3) is 0 Å². The van der Waals surface area contributed by atoms with Gasteiger partial charge in [-0.15, -0.1) is 53.6 Å². The SMILES string of the molecule is C.C.C.C.C.C.C.C.C.C.C.C.C=CC.C=CC(=O)OC(C)(C)C.CC(Br)C(=O)Br.CCC(SCCO)C(=O)OC(C)(C)C.CCC(SCCOC(=O)C(C)Br)C(=O)OC(C)(C)C.CCC(SCCOC(=O)C(C)CC(C)C)C(=O)O.CCC(SCCOC(=O)C(C)CC(C)C)C(=O)OC(C)(C)C.[HH].[HH].[HH]. The molecule has 0 aromatic carbocycles. The van der Waals surface area contributed by atoms with Crippen molar-refractivity contribution in [3.63, 3.8) is 0 Å². The Labute approximate surface area is 685 Å². The number of hydrogen-bond acceptors (Lipinski definition) is 21. The molecular formula is C78H175Br3O18S4. The van der Waals surface area contributed by atoms with Gasteiger partial charge in [-0.2, -0.15) is 0 Å². The number of aliphatic hydroxyl groups excluding tert-OH is 1. The van der Waals surface area contributed by atoms with Crippen molar-refractivity contribution < 1.29 is 90.8 Å². The van der Waals surface area contributed by atoms with Crippen molar-refractivity contribution in [3.8, 4) is 0 Å². The molecule has 0 saturated carbocycles. The van der Waals surface area contributed by atoms with E-state index in [0.717, 1.165) is 25.3 Å². The van der Waals surface area contributed by atoms with Crippen molar-refractivity contribution in [1.29, 1.82) is 0 Å². The summed E-state index contributed by atoms with van der Waals surface area (Å²) in [6.45, 7) is 54.9. The number of carbonyl (C=O) groups is 9. The van der Waals surface area contributed by atoms with Crippen molar-refractivity contribution in [2.24, 2.45) is 23.7 Å². The molecule has 25 heteroatoms. The second kappa shape index (κ2) is 86.9. The quantitative estimate of drug-likeness (QED) is 0.0121. The van der Waals surface area contributed by atoms with E-state index in [2.05, 4.69) is 88.6 Å². The molecule has 18 nitrogen and oxygen atoms in total. The average molecular weight is 1770 g/mol. The average Bonchev–Trinajstić information content (AvgIpc) is 0.919. The molecule has 0 heterocycles. The molecule has 0 amide bonds. The van der Waals surface area contributed by atoms with Gasteiger partial charge < -0.3 is 43.4 Å². The Hall–Kier alpha value is -2.29. The van der Waals surface area contributed by atoms with Crippen LogP contribution in [0.2, 0.25) is 0 Å². The molecular weight excluding hydrogens is 1590 g/mol. The summed E-state index contributed by atoms with van der Waals surface area (Å²) in [5, 5.41) is 16.5.